The van der Waals surface area contributed by atoms with Crippen LogP contribution in [0.25, 0.3) is 0 Å². The number of rotatable bonds is 3. The van der Waals surface area contributed by atoms with Crippen molar-refractivity contribution >= 4 is 17.8 Å². The Morgan fingerprint density at radius 2 is 2.00 bits per heavy atom. The molecule has 0 spiro atoms. The molecule has 1 heterocycles. The molecule has 2 aromatic carbocycles. The van der Waals surface area contributed by atoms with Crippen LogP contribution in [0, 0.1) is 0 Å². The number of hydrogen-bond donors (Lipinski definition) is 2. The largest absolute Gasteiger partial charge is 0.508 e. The van der Waals surface area contributed by atoms with Crippen molar-refractivity contribution in [3.8, 4) is 5.75 Å². The Balaban J connectivity index is 1.78. The first-order chi connectivity index (χ1) is 9.74. The first-order valence-corrected chi connectivity index (χ1v) is 6.42. The lowest BCUT2D eigenvalue weighted by Gasteiger charge is -2.02. The third-order valence-electron chi connectivity index (χ3n) is 3.28. The zero-order valence-corrected chi connectivity index (χ0v) is 10.8. The number of fused-ring (bicyclic) bond motifs is 1. The first-order valence-electron chi connectivity index (χ1n) is 6.42. The topological polar surface area (TPSA) is 61.7 Å². The van der Waals surface area contributed by atoms with Crippen molar-refractivity contribution in [1.29, 1.82) is 0 Å². The number of aliphatic imine (C=N–C) groups is 1. The summed E-state index contributed by atoms with van der Waals surface area (Å²) in [5.41, 5.74) is 2.61. The highest BCUT2D eigenvalue weighted by Gasteiger charge is 2.29. The fourth-order valence-corrected chi connectivity index (χ4v) is 2.27. The monoisotopic (exact) mass is 266 g/mol. The second-order valence-electron chi connectivity index (χ2n) is 4.71. The minimum atomic E-state index is -0.430. The van der Waals surface area contributed by atoms with E-state index in [1.807, 2.05) is 30.3 Å². The van der Waals surface area contributed by atoms with Gasteiger partial charge in [-0.3, -0.25) is 9.79 Å². The van der Waals surface area contributed by atoms with Crippen LogP contribution in [0.15, 0.2) is 53.5 Å². The lowest BCUT2D eigenvalue weighted by atomic mass is 10.0. The maximum absolute atomic E-state index is 11.9. The Bertz CT molecular complexity index is 665. The molecule has 1 atom stereocenters. The lowest BCUT2D eigenvalue weighted by Crippen LogP contribution is -2.13. The number of nitrogens with one attached hydrogen (secondary N) is 1. The van der Waals surface area contributed by atoms with E-state index in [4.69, 9.17) is 0 Å². The number of hydrogen-bond acceptors (Lipinski definition) is 3. The maximum atomic E-state index is 11.9. The fraction of sp³-hybridized carbons (Fsp3) is 0.125. The number of benzene rings is 2. The number of anilines is 1. The van der Waals surface area contributed by atoms with E-state index < -0.39 is 5.92 Å². The number of nitrogens with zero attached hydrogens (tertiary/aromatic N) is 1. The van der Waals surface area contributed by atoms with Gasteiger partial charge in [-0.1, -0.05) is 30.3 Å². The van der Waals surface area contributed by atoms with Crippen LogP contribution in [-0.2, 0) is 11.3 Å². The third-order valence-corrected chi connectivity index (χ3v) is 3.28. The van der Waals surface area contributed by atoms with Gasteiger partial charge in [-0.15, -0.1) is 0 Å². The molecule has 1 amide bonds. The number of carbonyl (C=O) groups is 1. The molecule has 0 aromatic heterocycles. The molecule has 0 radical (unpaired) electrons. The zero-order valence-electron chi connectivity index (χ0n) is 10.8. The molecule has 0 fully saturated rings. The van der Waals surface area contributed by atoms with Crippen molar-refractivity contribution in [1.82, 2.24) is 0 Å². The van der Waals surface area contributed by atoms with Crippen LogP contribution < -0.4 is 5.32 Å². The quantitative estimate of drug-likeness (QED) is 0.662. The molecular formula is C16H14N2O2. The van der Waals surface area contributed by atoms with Gasteiger partial charge in [0.1, 0.15) is 11.7 Å². The normalized spacial score (nSPS) is 17.2. The standard InChI is InChI=1S/C16H14N2O2/c19-12-6-7-15-13(8-12)14(16(20)18-15)10-17-9-11-4-2-1-3-5-11/h1-8,10,14,19H,9H2,(H,18,20). The molecule has 1 unspecified atom stereocenters. The second-order valence-corrected chi connectivity index (χ2v) is 4.71. The van der Waals surface area contributed by atoms with Crippen molar-refractivity contribution in [3.05, 3.63) is 59.7 Å². The third kappa shape index (κ3) is 2.40. The molecule has 100 valence electrons. The average Bonchev–Trinajstić information content (AvgIpc) is 2.76. The summed E-state index contributed by atoms with van der Waals surface area (Å²) < 4.78 is 0. The Kier molecular flexibility index (Phi) is 3.21. The van der Waals surface area contributed by atoms with Crippen molar-refractivity contribution < 1.29 is 9.90 Å². The molecule has 0 bridgehead atoms. The number of phenolic OH excluding ortho intramolecular Hbond substituents is 1. The van der Waals surface area contributed by atoms with Gasteiger partial charge in [0.05, 0.1) is 6.54 Å². The van der Waals surface area contributed by atoms with Crippen LogP contribution in [0.2, 0.25) is 0 Å². The molecule has 3 rings (SSSR count). The van der Waals surface area contributed by atoms with Gasteiger partial charge < -0.3 is 10.4 Å². The van der Waals surface area contributed by atoms with Gasteiger partial charge in [0.15, 0.2) is 0 Å². The molecule has 2 N–H and O–H groups in total. The van der Waals surface area contributed by atoms with E-state index in [0.29, 0.717) is 6.54 Å². The Morgan fingerprint density at radius 3 is 2.80 bits per heavy atom. The van der Waals surface area contributed by atoms with Crippen LogP contribution >= 0.6 is 0 Å². The highest BCUT2D eigenvalue weighted by molar-refractivity contribution is 6.12. The second kappa shape index (κ2) is 5.17. The summed E-state index contributed by atoms with van der Waals surface area (Å²) in [6.45, 7) is 0.540. The van der Waals surface area contributed by atoms with E-state index in [0.717, 1.165) is 16.8 Å². The first kappa shape index (κ1) is 12.4. The van der Waals surface area contributed by atoms with E-state index in [1.54, 1.807) is 24.4 Å². The van der Waals surface area contributed by atoms with Gasteiger partial charge in [0.25, 0.3) is 0 Å². The van der Waals surface area contributed by atoms with Crippen LogP contribution in [0.4, 0.5) is 5.69 Å². The molecule has 2 aromatic rings. The van der Waals surface area contributed by atoms with Gasteiger partial charge >= 0.3 is 0 Å². The van der Waals surface area contributed by atoms with Crippen molar-refractivity contribution in [2.45, 2.75) is 12.5 Å². The molecular weight excluding hydrogens is 252 g/mol. The van der Waals surface area contributed by atoms with Gasteiger partial charge in [-0.05, 0) is 29.3 Å². The minimum absolute atomic E-state index is 0.109. The average molecular weight is 266 g/mol. The zero-order chi connectivity index (χ0) is 13.9. The molecule has 1 aliphatic rings. The Hall–Kier alpha value is -2.62. The van der Waals surface area contributed by atoms with E-state index in [2.05, 4.69) is 10.3 Å². The Labute approximate surface area is 116 Å². The molecule has 20 heavy (non-hydrogen) atoms. The molecule has 0 saturated heterocycles. The molecule has 0 aliphatic carbocycles. The van der Waals surface area contributed by atoms with Crippen LogP contribution in [-0.4, -0.2) is 17.2 Å². The highest BCUT2D eigenvalue weighted by Crippen LogP contribution is 2.33. The lowest BCUT2D eigenvalue weighted by molar-refractivity contribution is -0.115. The molecule has 4 heteroatoms. The van der Waals surface area contributed by atoms with Gasteiger partial charge in [0, 0.05) is 11.9 Å². The van der Waals surface area contributed by atoms with Crippen molar-refractivity contribution in [3.63, 3.8) is 0 Å². The van der Waals surface area contributed by atoms with E-state index in [-0.39, 0.29) is 11.7 Å². The van der Waals surface area contributed by atoms with E-state index in [9.17, 15) is 9.90 Å². The number of amides is 1. The summed E-state index contributed by atoms with van der Waals surface area (Å²) in [7, 11) is 0. The summed E-state index contributed by atoms with van der Waals surface area (Å²) in [6.07, 6.45) is 1.65. The maximum Gasteiger partial charge on any atom is 0.237 e. The van der Waals surface area contributed by atoms with Crippen LogP contribution in [0.5, 0.6) is 5.75 Å². The molecule has 4 nitrogen and oxygen atoms in total. The molecule has 1 aliphatic heterocycles. The van der Waals surface area contributed by atoms with Crippen LogP contribution in [0.1, 0.15) is 17.0 Å². The fourth-order valence-electron chi connectivity index (χ4n) is 2.27. The van der Waals surface area contributed by atoms with E-state index in [1.165, 1.54) is 0 Å². The minimum Gasteiger partial charge on any atom is -0.508 e. The summed E-state index contributed by atoms with van der Waals surface area (Å²) in [4.78, 5) is 16.2. The van der Waals surface area contributed by atoms with Gasteiger partial charge in [0.2, 0.25) is 5.91 Å². The summed E-state index contributed by atoms with van der Waals surface area (Å²) in [5.74, 6) is -0.384. The number of aromatic hydroxyl groups is 1. The van der Waals surface area contributed by atoms with E-state index >= 15 is 0 Å². The number of phenols is 1. The summed E-state index contributed by atoms with van der Waals surface area (Å²) in [5, 5.41) is 12.3. The predicted octanol–water partition coefficient (Wildman–Crippen LogP) is 2.70. The smallest absolute Gasteiger partial charge is 0.237 e. The van der Waals surface area contributed by atoms with Crippen LogP contribution in [0.3, 0.4) is 0 Å². The highest BCUT2D eigenvalue weighted by atomic mass is 16.3. The van der Waals surface area contributed by atoms with Gasteiger partial charge in [-0.25, -0.2) is 0 Å². The van der Waals surface area contributed by atoms with Crippen molar-refractivity contribution in [2.75, 3.05) is 5.32 Å². The Morgan fingerprint density at radius 1 is 1.20 bits per heavy atom. The van der Waals surface area contributed by atoms with Crippen molar-refractivity contribution in [2.24, 2.45) is 4.99 Å². The summed E-state index contributed by atoms with van der Waals surface area (Å²) in [6, 6.07) is 14.7. The van der Waals surface area contributed by atoms with Gasteiger partial charge in [-0.2, -0.15) is 0 Å². The SMILES string of the molecule is O=C1Nc2ccc(O)cc2C1C=NCc1ccccc1. The number of carbonyl (C=O) groups excluding carboxylic acids is 1. The molecule has 0 saturated carbocycles. The summed E-state index contributed by atoms with van der Waals surface area (Å²) >= 11 is 0. The predicted molar refractivity (Wildman–Crippen MR) is 78.1 cm³/mol.